The van der Waals surface area contributed by atoms with E-state index in [4.69, 9.17) is 16.3 Å². The number of carbonyl (C=O) groups is 1. The highest BCUT2D eigenvalue weighted by Gasteiger charge is 2.11. The number of ether oxygens (including phenoxy) is 1. The Labute approximate surface area is 157 Å². The average Bonchev–Trinajstić information content (AvgIpc) is 2.66. The number of halogens is 1. The van der Waals surface area contributed by atoms with Crippen molar-refractivity contribution >= 4 is 34.6 Å². The Hall–Kier alpha value is -3.05. The number of carbonyl (C=O) groups excluding carboxylic acids is 1. The van der Waals surface area contributed by atoms with Crippen LogP contribution in [0, 0.1) is 0 Å². The van der Waals surface area contributed by atoms with Crippen LogP contribution in [0.1, 0.15) is 17.3 Å². The van der Waals surface area contributed by atoms with Crippen LogP contribution < -0.4 is 15.4 Å². The van der Waals surface area contributed by atoms with Gasteiger partial charge >= 0.3 is 0 Å². The van der Waals surface area contributed by atoms with Gasteiger partial charge in [-0.05, 0) is 37.3 Å². The lowest BCUT2D eigenvalue weighted by Gasteiger charge is -2.12. The summed E-state index contributed by atoms with van der Waals surface area (Å²) in [5.74, 6) is 0.356. The number of nitrogens with one attached hydrogen (secondary N) is 2. The van der Waals surface area contributed by atoms with Crippen molar-refractivity contribution in [3.8, 4) is 5.75 Å². The fourth-order valence-electron chi connectivity index (χ4n) is 2.40. The molecule has 0 spiro atoms. The van der Waals surface area contributed by atoms with Gasteiger partial charge in [-0.1, -0.05) is 35.9 Å². The smallest absolute Gasteiger partial charge is 0.257 e. The second-order valence-corrected chi connectivity index (χ2v) is 5.86. The van der Waals surface area contributed by atoms with Gasteiger partial charge in [0.15, 0.2) is 0 Å². The van der Waals surface area contributed by atoms with Gasteiger partial charge in [0, 0.05) is 6.20 Å². The lowest BCUT2D eigenvalue weighted by atomic mass is 10.2. The molecule has 132 valence electrons. The lowest BCUT2D eigenvalue weighted by Crippen LogP contribution is -2.13. The van der Waals surface area contributed by atoms with E-state index in [2.05, 4.69) is 15.6 Å². The summed E-state index contributed by atoms with van der Waals surface area (Å²) < 4.78 is 5.53. The summed E-state index contributed by atoms with van der Waals surface area (Å²) >= 11 is 6.15. The minimum atomic E-state index is -0.271. The largest absolute Gasteiger partial charge is 0.492 e. The van der Waals surface area contributed by atoms with E-state index in [1.165, 1.54) is 6.20 Å². The summed E-state index contributed by atoms with van der Waals surface area (Å²) in [5.41, 5.74) is 2.45. The molecule has 6 heteroatoms. The Balaban J connectivity index is 1.78. The molecule has 1 aromatic heterocycles. The summed E-state index contributed by atoms with van der Waals surface area (Å²) in [7, 11) is 0. The molecule has 1 heterocycles. The van der Waals surface area contributed by atoms with E-state index < -0.39 is 0 Å². The van der Waals surface area contributed by atoms with E-state index in [0.29, 0.717) is 34.3 Å². The van der Waals surface area contributed by atoms with Gasteiger partial charge in [-0.3, -0.25) is 9.78 Å². The second-order valence-electron chi connectivity index (χ2n) is 5.45. The Morgan fingerprint density at radius 2 is 1.81 bits per heavy atom. The second kappa shape index (κ2) is 8.36. The van der Waals surface area contributed by atoms with Crippen molar-refractivity contribution in [2.24, 2.45) is 0 Å². The number of aromatic nitrogens is 1. The number of para-hydroxylation sites is 3. The summed E-state index contributed by atoms with van der Waals surface area (Å²) in [6.45, 7) is 2.41. The van der Waals surface area contributed by atoms with Crippen LogP contribution in [0.4, 0.5) is 17.1 Å². The molecule has 1 amide bonds. The molecule has 0 fully saturated rings. The molecule has 2 N–H and O–H groups in total. The molecule has 0 aliphatic carbocycles. The van der Waals surface area contributed by atoms with E-state index in [9.17, 15) is 4.79 Å². The van der Waals surface area contributed by atoms with Crippen molar-refractivity contribution in [3.05, 3.63) is 77.6 Å². The Morgan fingerprint density at radius 1 is 1.08 bits per heavy atom. The van der Waals surface area contributed by atoms with E-state index >= 15 is 0 Å². The van der Waals surface area contributed by atoms with Crippen molar-refractivity contribution in [1.82, 2.24) is 4.98 Å². The summed E-state index contributed by atoms with van der Waals surface area (Å²) in [6.07, 6.45) is 3.14. The highest BCUT2D eigenvalue weighted by molar-refractivity contribution is 6.33. The minimum absolute atomic E-state index is 0.271. The summed E-state index contributed by atoms with van der Waals surface area (Å²) in [4.78, 5) is 16.7. The van der Waals surface area contributed by atoms with Gasteiger partial charge in [-0.15, -0.1) is 0 Å². The van der Waals surface area contributed by atoms with Gasteiger partial charge in [0.25, 0.3) is 5.91 Å². The number of hydrogen-bond donors (Lipinski definition) is 2. The van der Waals surface area contributed by atoms with Crippen LogP contribution in [0.25, 0.3) is 0 Å². The van der Waals surface area contributed by atoms with Gasteiger partial charge in [0.2, 0.25) is 0 Å². The molecule has 5 nitrogen and oxygen atoms in total. The van der Waals surface area contributed by atoms with Crippen LogP contribution in [0.2, 0.25) is 5.02 Å². The molecule has 0 aliphatic heterocycles. The zero-order chi connectivity index (χ0) is 18.4. The van der Waals surface area contributed by atoms with Gasteiger partial charge in [0.05, 0.1) is 40.5 Å². The molecule has 3 aromatic rings. The monoisotopic (exact) mass is 367 g/mol. The third-order valence-corrected chi connectivity index (χ3v) is 3.92. The lowest BCUT2D eigenvalue weighted by molar-refractivity contribution is 0.102. The first-order chi connectivity index (χ1) is 12.7. The first-order valence-electron chi connectivity index (χ1n) is 8.17. The van der Waals surface area contributed by atoms with Crippen molar-refractivity contribution in [3.63, 3.8) is 0 Å². The van der Waals surface area contributed by atoms with Gasteiger partial charge in [-0.2, -0.15) is 0 Å². The quantitative estimate of drug-likeness (QED) is 0.634. The van der Waals surface area contributed by atoms with E-state index in [1.807, 2.05) is 43.3 Å². The Morgan fingerprint density at radius 3 is 2.58 bits per heavy atom. The zero-order valence-corrected chi connectivity index (χ0v) is 15.0. The molecule has 0 bridgehead atoms. The molecule has 0 saturated carbocycles. The van der Waals surface area contributed by atoms with Crippen LogP contribution in [-0.4, -0.2) is 17.5 Å². The minimum Gasteiger partial charge on any atom is -0.492 e. The predicted molar refractivity (Wildman–Crippen MR) is 105 cm³/mol. The SMILES string of the molecule is CCOc1ccccc1NC(=O)c1cncc(Nc2ccccc2Cl)c1. The standard InChI is InChI=1S/C20H18ClN3O2/c1-2-26-19-10-6-5-9-18(19)24-20(25)14-11-15(13-22-12-14)23-17-8-4-3-7-16(17)21/h3-13,23H,2H2,1H3,(H,24,25). The van der Waals surface area contributed by atoms with Gasteiger partial charge in [0.1, 0.15) is 5.75 Å². The number of nitrogens with zero attached hydrogens (tertiary/aromatic N) is 1. The molecular weight excluding hydrogens is 350 g/mol. The number of amides is 1. The number of anilines is 3. The van der Waals surface area contributed by atoms with Gasteiger partial charge in [-0.25, -0.2) is 0 Å². The first kappa shape index (κ1) is 17.8. The van der Waals surface area contributed by atoms with Crippen molar-refractivity contribution < 1.29 is 9.53 Å². The topological polar surface area (TPSA) is 63.2 Å². The van der Waals surface area contributed by atoms with Crippen LogP contribution in [0.3, 0.4) is 0 Å². The molecule has 0 radical (unpaired) electrons. The van der Waals surface area contributed by atoms with Gasteiger partial charge < -0.3 is 15.4 Å². The molecule has 0 unspecified atom stereocenters. The Bertz CT molecular complexity index is 915. The normalized spacial score (nSPS) is 10.2. The fourth-order valence-corrected chi connectivity index (χ4v) is 2.58. The highest BCUT2D eigenvalue weighted by Crippen LogP contribution is 2.26. The van der Waals surface area contributed by atoms with Crippen LogP contribution in [0.15, 0.2) is 67.0 Å². The molecule has 0 saturated heterocycles. The number of rotatable bonds is 6. The third kappa shape index (κ3) is 4.32. The Kier molecular flexibility index (Phi) is 5.71. The van der Waals surface area contributed by atoms with E-state index in [-0.39, 0.29) is 5.91 Å². The molecule has 0 atom stereocenters. The van der Waals surface area contributed by atoms with Crippen molar-refractivity contribution in [2.45, 2.75) is 6.92 Å². The van der Waals surface area contributed by atoms with E-state index in [1.54, 1.807) is 24.4 Å². The fraction of sp³-hybridized carbons (Fsp3) is 0.100. The average molecular weight is 368 g/mol. The van der Waals surface area contributed by atoms with Crippen molar-refractivity contribution in [1.29, 1.82) is 0 Å². The predicted octanol–water partition coefficient (Wildman–Crippen LogP) is 5.13. The van der Waals surface area contributed by atoms with Crippen LogP contribution in [-0.2, 0) is 0 Å². The summed E-state index contributed by atoms with van der Waals surface area (Å²) in [5, 5.41) is 6.61. The first-order valence-corrected chi connectivity index (χ1v) is 8.55. The molecular formula is C20H18ClN3O2. The molecule has 26 heavy (non-hydrogen) atoms. The molecule has 0 aliphatic rings. The maximum Gasteiger partial charge on any atom is 0.257 e. The maximum absolute atomic E-state index is 12.6. The highest BCUT2D eigenvalue weighted by atomic mass is 35.5. The van der Waals surface area contributed by atoms with Crippen molar-refractivity contribution in [2.75, 3.05) is 17.2 Å². The number of pyridine rings is 1. The molecule has 2 aromatic carbocycles. The van der Waals surface area contributed by atoms with Crippen LogP contribution in [0.5, 0.6) is 5.75 Å². The van der Waals surface area contributed by atoms with Crippen LogP contribution >= 0.6 is 11.6 Å². The maximum atomic E-state index is 12.6. The third-order valence-electron chi connectivity index (χ3n) is 3.59. The zero-order valence-electron chi connectivity index (χ0n) is 14.2. The van der Waals surface area contributed by atoms with E-state index in [0.717, 1.165) is 5.69 Å². The summed E-state index contributed by atoms with van der Waals surface area (Å²) in [6, 6.07) is 16.4. The molecule has 3 rings (SSSR count). The number of hydrogen-bond acceptors (Lipinski definition) is 4. The number of benzene rings is 2.